The van der Waals surface area contributed by atoms with Crippen LogP contribution in [0.2, 0.25) is 5.02 Å². The van der Waals surface area contributed by atoms with Crippen molar-refractivity contribution in [1.82, 2.24) is 5.32 Å². The molecule has 0 amide bonds. The van der Waals surface area contributed by atoms with Gasteiger partial charge in [0.1, 0.15) is 0 Å². The Bertz CT molecular complexity index is 399. The molecular formula is C13H17BrClNO. The Hall–Kier alpha value is -0.0900. The van der Waals surface area contributed by atoms with Crippen LogP contribution in [0.1, 0.15) is 31.4 Å². The van der Waals surface area contributed by atoms with E-state index >= 15 is 0 Å². The van der Waals surface area contributed by atoms with Crippen LogP contribution < -0.4 is 5.32 Å². The molecule has 0 aromatic heterocycles. The fourth-order valence-electron chi connectivity index (χ4n) is 2.35. The number of hydrogen-bond donors (Lipinski definition) is 2. The van der Waals surface area contributed by atoms with E-state index in [0.717, 1.165) is 23.0 Å². The highest BCUT2D eigenvalue weighted by Crippen LogP contribution is 2.31. The van der Waals surface area contributed by atoms with Crippen LogP contribution in [-0.4, -0.2) is 17.7 Å². The van der Waals surface area contributed by atoms with Crippen molar-refractivity contribution in [3.63, 3.8) is 0 Å². The molecule has 2 rings (SSSR count). The standard InChI is InChI=1S/C13H17BrClNO/c1-8-4-5-16-12(6-8)13(17)10-7-9(14)2-3-11(10)15/h2-3,7-8,12-13,16-17H,4-6H2,1H3. The summed E-state index contributed by atoms with van der Waals surface area (Å²) in [6.45, 7) is 3.19. The second-order valence-electron chi connectivity index (χ2n) is 4.80. The Labute approximate surface area is 115 Å². The Morgan fingerprint density at radius 2 is 2.29 bits per heavy atom. The number of piperidine rings is 1. The van der Waals surface area contributed by atoms with Gasteiger partial charge in [-0.25, -0.2) is 0 Å². The van der Waals surface area contributed by atoms with Gasteiger partial charge in [0.25, 0.3) is 0 Å². The summed E-state index contributed by atoms with van der Waals surface area (Å²) >= 11 is 9.55. The zero-order valence-electron chi connectivity index (χ0n) is 9.79. The molecule has 0 saturated carbocycles. The average Bonchev–Trinajstić information content (AvgIpc) is 2.31. The van der Waals surface area contributed by atoms with Crippen LogP contribution in [0.3, 0.4) is 0 Å². The molecular weight excluding hydrogens is 302 g/mol. The van der Waals surface area contributed by atoms with E-state index in [9.17, 15) is 5.11 Å². The van der Waals surface area contributed by atoms with Gasteiger partial charge in [0, 0.05) is 21.1 Å². The maximum absolute atomic E-state index is 10.4. The van der Waals surface area contributed by atoms with Gasteiger partial charge < -0.3 is 10.4 Å². The second kappa shape index (κ2) is 5.70. The molecule has 1 aliphatic heterocycles. The molecule has 2 N–H and O–H groups in total. The van der Waals surface area contributed by atoms with Crippen molar-refractivity contribution in [1.29, 1.82) is 0 Å². The van der Waals surface area contributed by atoms with Gasteiger partial charge in [0.2, 0.25) is 0 Å². The highest BCUT2D eigenvalue weighted by atomic mass is 79.9. The van der Waals surface area contributed by atoms with E-state index in [1.165, 1.54) is 6.42 Å². The molecule has 4 heteroatoms. The van der Waals surface area contributed by atoms with Gasteiger partial charge in [0.15, 0.2) is 0 Å². The maximum Gasteiger partial charge on any atom is 0.0957 e. The molecule has 3 unspecified atom stereocenters. The van der Waals surface area contributed by atoms with Gasteiger partial charge >= 0.3 is 0 Å². The Kier molecular flexibility index (Phi) is 4.47. The molecule has 0 bridgehead atoms. The van der Waals surface area contributed by atoms with Crippen LogP contribution in [0, 0.1) is 5.92 Å². The van der Waals surface area contributed by atoms with Crippen molar-refractivity contribution >= 4 is 27.5 Å². The Balaban J connectivity index is 2.18. The molecule has 1 heterocycles. The van der Waals surface area contributed by atoms with Gasteiger partial charge in [0.05, 0.1) is 6.10 Å². The lowest BCUT2D eigenvalue weighted by Gasteiger charge is -2.32. The summed E-state index contributed by atoms with van der Waals surface area (Å²) in [5.41, 5.74) is 0.799. The SMILES string of the molecule is CC1CCNC(C(O)c2cc(Br)ccc2Cl)C1. The van der Waals surface area contributed by atoms with Gasteiger partial charge in [-0.1, -0.05) is 34.5 Å². The van der Waals surface area contributed by atoms with Gasteiger partial charge in [-0.3, -0.25) is 0 Å². The van der Waals surface area contributed by atoms with Crippen molar-refractivity contribution in [2.75, 3.05) is 6.54 Å². The molecule has 0 aliphatic carbocycles. The van der Waals surface area contributed by atoms with Gasteiger partial charge in [-0.15, -0.1) is 0 Å². The number of halogens is 2. The lowest BCUT2D eigenvalue weighted by Crippen LogP contribution is -2.41. The third kappa shape index (κ3) is 3.22. The third-order valence-corrected chi connectivity index (χ3v) is 4.20. The predicted molar refractivity (Wildman–Crippen MR) is 74.3 cm³/mol. The highest BCUT2D eigenvalue weighted by molar-refractivity contribution is 9.10. The van der Waals surface area contributed by atoms with Gasteiger partial charge in [-0.2, -0.15) is 0 Å². The minimum atomic E-state index is -0.539. The van der Waals surface area contributed by atoms with Crippen molar-refractivity contribution < 1.29 is 5.11 Å². The van der Waals surface area contributed by atoms with E-state index in [-0.39, 0.29) is 6.04 Å². The van der Waals surface area contributed by atoms with Crippen LogP contribution >= 0.6 is 27.5 Å². The Morgan fingerprint density at radius 1 is 1.53 bits per heavy atom. The quantitative estimate of drug-likeness (QED) is 0.874. The lowest BCUT2D eigenvalue weighted by molar-refractivity contribution is 0.101. The summed E-state index contributed by atoms with van der Waals surface area (Å²) in [5, 5.41) is 14.4. The summed E-state index contributed by atoms with van der Waals surface area (Å²) in [6.07, 6.45) is 1.63. The zero-order valence-corrected chi connectivity index (χ0v) is 12.1. The number of aliphatic hydroxyl groups is 1. The van der Waals surface area contributed by atoms with E-state index in [0.29, 0.717) is 10.9 Å². The summed E-state index contributed by atoms with van der Waals surface area (Å²) in [5.74, 6) is 0.654. The molecule has 1 fully saturated rings. The average molecular weight is 319 g/mol. The molecule has 2 nitrogen and oxygen atoms in total. The molecule has 3 atom stereocenters. The second-order valence-corrected chi connectivity index (χ2v) is 6.12. The summed E-state index contributed by atoms with van der Waals surface area (Å²) in [6, 6.07) is 5.70. The van der Waals surface area contributed by atoms with Crippen LogP contribution in [0.5, 0.6) is 0 Å². The lowest BCUT2D eigenvalue weighted by atomic mass is 9.89. The third-order valence-electron chi connectivity index (χ3n) is 3.36. The molecule has 1 aromatic rings. The molecule has 1 aromatic carbocycles. The number of nitrogens with one attached hydrogen (secondary N) is 1. The van der Waals surface area contributed by atoms with Crippen molar-refractivity contribution in [2.45, 2.75) is 31.9 Å². The Morgan fingerprint density at radius 3 is 3.00 bits per heavy atom. The number of rotatable bonds is 2. The van der Waals surface area contributed by atoms with Crippen LogP contribution in [0.4, 0.5) is 0 Å². The largest absolute Gasteiger partial charge is 0.387 e. The number of aliphatic hydroxyl groups excluding tert-OH is 1. The molecule has 1 saturated heterocycles. The van der Waals surface area contributed by atoms with E-state index in [2.05, 4.69) is 28.2 Å². The van der Waals surface area contributed by atoms with E-state index in [1.807, 2.05) is 18.2 Å². The van der Waals surface area contributed by atoms with E-state index < -0.39 is 6.10 Å². The first-order valence-corrected chi connectivity index (χ1v) is 7.11. The molecule has 0 radical (unpaired) electrons. The molecule has 94 valence electrons. The van der Waals surface area contributed by atoms with Crippen molar-refractivity contribution in [2.24, 2.45) is 5.92 Å². The monoisotopic (exact) mass is 317 g/mol. The maximum atomic E-state index is 10.4. The number of benzene rings is 1. The summed E-state index contributed by atoms with van der Waals surface area (Å²) in [7, 11) is 0. The van der Waals surface area contributed by atoms with E-state index in [1.54, 1.807) is 0 Å². The van der Waals surface area contributed by atoms with Crippen molar-refractivity contribution in [3.05, 3.63) is 33.3 Å². The van der Waals surface area contributed by atoms with Crippen LogP contribution in [0.25, 0.3) is 0 Å². The molecule has 0 spiro atoms. The fraction of sp³-hybridized carbons (Fsp3) is 0.538. The minimum Gasteiger partial charge on any atom is -0.387 e. The highest BCUT2D eigenvalue weighted by Gasteiger charge is 2.27. The topological polar surface area (TPSA) is 32.3 Å². The first-order chi connectivity index (χ1) is 8.08. The summed E-state index contributed by atoms with van der Waals surface area (Å²) in [4.78, 5) is 0. The van der Waals surface area contributed by atoms with E-state index in [4.69, 9.17) is 11.6 Å². The fourth-order valence-corrected chi connectivity index (χ4v) is 2.96. The number of hydrogen-bond acceptors (Lipinski definition) is 2. The minimum absolute atomic E-state index is 0.102. The smallest absolute Gasteiger partial charge is 0.0957 e. The van der Waals surface area contributed by atoms with Crippen LogP contribution in [-0.2, 0) is 0 Å². The normalized spacial score (nSPS) is 26.8. The van der Waals surface area contributed by atoms with Crippen molar-refractivity contribution in [3.8, 4) is 0 Å². The molecule has 1 aliphatic rings. The van der Waals surface area contributed by atoms with Gasteiger partial charge in [-0.05, 0) is 43.5 Å². The first-order valence-electron chi connectivity index (χ1n) is 5.94. The van der Waals surface area contributed by atoms with Crippen LogP contribution in [0.15, 0.2) is 22.7 Å². The zero-order chi connectivity index (χ0) is 12.4. The summed E-state index contributed by atoms with van der Waals surface area (Å²) < 4.78 is 0.944. The first kappa shape index (κ1) is 13.3. The molecule has 17 heavy (non-hydrogen) atoms. The predicted octanol–water partition coefficient (Wildman–Crippen LogP) is 3.52.